The van der Waals surface area contributed by atoms with Crippen LogP contribution in [0.4, 0.5) is 4.79 Å². The Morgan fingerprint density at radius 1 is 1.29 bits per heavy atom. The topological polar surface area (TPSA) is 59.4 Å². The van der Waals surface area contributed by atoms with Crippen LogP contribution in [0.5, 0.6) is 5.88 Å². The second kappa shape index (κ2) is 3.33. The summed E-state index contributed by atoms with van der Waals surface area (Å²) in [6, 6.07) is 9.11. The molecular weight excluding hydrogens is 182 g/mol. The Bertz CT molecular complexity index is 482. The minimum Gasteiger partial charge on any atom is -0.449 e. The molecule has 1 heterocycles. The molecule has 0 amide bonds. The summed E-state index contributed by atoms with van der Waals surface area (Å²) in [5.41, 5.74) is 0. The molecule has 4 nitrogen and oxygen atoms in total. The lowest BCUT2D eigenvalue weighted by Gasteiger charge is -2.00. The second-order valence-corrected chi connectivity index (χ2v) is 2.74. The van der Waals surface area contributed by atoms with Gasteiger partial charge >= 0.3 is 6.16 Å². The van der Waals surface area contributed by atoms with Crippen LogP contribution >= 0.6 is 0 Å². The lowest BCUT2D eigenvalue weighted by molar-refractivity contribution is 0.142. The molecule has 0 saturated heterocycles. The summed E-state index contributed by atoms with van der Waals surface area (Å²) in [4.78, 5) is 14.1. The molecule has 0 aliphatic heterocycles. The van der Waals surface area contributed by atoms with Gasteiger partial charge in [-0.2, -0.15) is 0 Å². The van der Waals surface area contributed by atoms with Gasteiger partial charge in [0.2, 0.25) is 5.88 Å². The van der Waals surface area contributed by atoms with E-state index in [9.17, 15) is 4.79 Å². The average Bonchev–Trinajstić information content (AvgIpc) is 2.17. The maximum Gasteiger partial charge on any atom is 0.512 e. The predicted octanol–water partition coefficient (Wildman–Crippen LogP) is 2.29. The lowest BCUT2D eigenvalue weighted by Crippen LogP contribution is -2.04. The monoisotopic (exact) mass is 189 g/mol. The number of hydrogen-bond acceptors (Lipinski definition) is 3. The highest BCUT2D eigenvalue weighted by atomic mass is 16.7. The van der Waals surface area contributed by atoms with E-state index in [-0.39, 0.29) is 5.88 Å². The van der Waals surface area contributed by atoms with Crippen molar-refractivity contribution in [1.82, 2.24) is 4.98 Å². The van der Waals surface area contributed by atoms with Crippen LogP contribution in [0.15, 0.2) is 36.5 Å². The summed E-state index contributed by atoms with van der Waals surface area (Å²) in [6.07, 6.45) is 0.223. The van der Waals surface area contributed by atoms with Crippen molar-refractivity contribution in [3.8, 4) is 5.88 Å². The number of nitrogens with zero attached hydrogens (tertiary/aromatic N) is 1. The Morgan fingerprint density at radius 3 is 2.71 bits per heavy atom. The average molecular weight is 189 g/mol. The zero-order valence-electron chi connectivity index (χ0n) is 7.18. The van der Waals surface area contributed by atoms with Crippen LogP contribution in [-0.4, -0.2) is 16.2 Å². The summed E-state index contributed by atoms with van der Waals surface area (Å²) in [5.74, 6) is 0.0937. The van der Waals surface area contributed by atoms with Gasteiger partial charge in [0.05, 0.1) is 0 Å². The Balaban J connectivity index is 2.46. The SMILES string of the molecule is O=C(O)Oc1cc2ccccc2cn1. The zero-order chi connectivity index (χ0) is 9.97. The molecule has 2 aromatic rings. The molecule has 0 aliphatic carbocycles. The first-order valence-electron chi connectivity index (χ1n) is 4.01. The third kappa shape index (κ3) is 1.64. The summed E-state index contributed by atoms with van der Waals surface area (Å²) < 4.78 is 4.43. The highest BCUT2D eigenvalue weighted by Gasteiger charge is 2.02. The van der Waals surface area contributed by atoms with Gasteiger partial charge in [-0.3, -0.25) is 0 Å². The fraction of sp³-hybridized carbons (Fsp3) is 0. The van der Waals surface area contributed by atoms with E-state index in [0.717, 1.165) is 10.8 Å². The van der Waals surface area contributed by atoms with E-state index < -0.39 is 6.16 Å². The van der Waals surface area contributed by atoms with E-state index in [4.69, 9.17) is 5.11 Å². The lowest BCUT2D eigenvalue weighted by atomic mass is 10.2. The smallest absolute Gasteiger partial charge is 0.449 e. The van der Waals surface area contributed by atoms with Crippen LogP contribution in [-0.2, 0) is 0 Å². The third-order valence-corrected chi connectivity index (χ3v) is 1.80. The van der Waals surface area contributed by atoms with Crippen LogP contribution in [0.2, 0.25) is 0 Å². The van der Waals surface area contributed by atoms with Crippen LogP contribution < -0.4 is 4.74 Å². The molecule has 0 aliphatic rings. The van der Waals surface area contributed by atoms with Gasteiger partial charge in [0.1, 0.15) is 0 Å². The second-order valence-electron chi connectivity index (χ2n) is 2.74. The van der Waals surface area contributed by atoms with Crippen molar-refractivity contribution in [2.75, 3.05) is 0 Å². The van der Waals surface area contributed by atoms with Crippen molar-refractivity contribution in [2.45, 2.75) is 0 Å². The molecule has 0 spiro atoms. The summed E-state index contributed by atoms with van der Waals surface area (Å²) >= 11 is 0. The minimum absolute atomic E-state index is 0.0937. The Morgan fingerprint density at radius 2 is 2.00 bits per heavy atom. The zero-order valence-corrected chi connectivity index (χ0v) is 7.18. The normalized spacial score (nSPS) is 10.0. The molecule has 0 unspecified atom stereocenters. The molecule has 14 heavy (non-hydrogen) atoms. The van der Waals surface area contributed by atoms with Crippen molar-refractivity contribution in [3.63, 3.8) is 0 Å². The van der Waals surface area contributed by atoms with Gasteiger partial charge in [0.25, 0.3) is 0 Å². The van der Waals surface area contributed by atoms with E-state index >= 15 is 0 Å². The summed E-state index contributed by atoms with van der Waals surface area (Å²) in [7, 11) is 0. The molecule has 2 rings (SSSR count). The number of ether oxygens (including phenoxy) is 1. The molecule has 0 radical (unpaired) electrons. The molecule has 0 fully saturated rings. The van der Waals surface area contributed by atoms with Crippen LogP contribution in [0, 0.1) is 0 Å². The van der Waals surface area contributed by atoms with Gasteiger partial charge in [-0.1, -0.05) is 24.3 Å². The molecule has 70 valence electrons. The van der Waals surface area contributed by atoms with E-state index in [1.165, 1.54) is 0 Å². The van der Waals surface area contributed by atoms with Crippen molar-refractivity contribution in [1.29, 1.82) is 0 Å². The Hall–Kier alpha value is -2.10. The Labute approximate surface area is 79.8 Å². The van der Waals surface area contributed by atoms with Gasteiger partial charge in [-0.25, -0.2) is 9.78 Å². The molecule has 0 bridgehead atoms. The molecule has 0 saturated carbocycles. The first-order valence-corrected chi connectivity index (χ1v) is 4.01. The third-order valence-electron chi connectivity index (χ3n) is 1.80. The first-order chi connectivity index (χ1) is 6.75. The van der Waals surface area contributed by atoms with Crippen molar-refractivity contribution < 1.29 is 14.6 Å². The molecule has 4 heteroatoms. The molecular formula is C10H7NO3. The fourth-order valence-electron chi connectivity index (χ4n) is 1.21. The molecule has 0 atom stereocenters. The quantitative estimate of drug-likeness (QED) is 0.699. The van der Waals surface area contributed by atoms with E-state index in [2.05, 4.69) is 9.72 Å². The first kappa shape index (κ1) is 8.50. The summed E-state index contributed by atoms with van der Waals surface area (Å²) in [5, 5.41) is 10.2. The van der Waals surface area contributed by atoms with E-state index in [0.29, 0.717) is 0 Å². The highest BCUT2D eigenvalue weighted by Crippen LogP contribution is 2.17. The number of fused-ring (bicyclic) bond motifs is 1. The summed E-state index contributed by atoms with van der Waals surface area (Å²) in [6.45, 7) is 0. The molecule has 1 aromatic heterocycles. The highest BCUT2D eigenvalue weighted by molar-refractivity contribution is 5.82. The van der Waals surface area contributed by atoms with Gasteiger partial charge in [-0.05, 0) is 5.39 Å². The Kier molecular flexibility index (Phi) is 2.02. The largest absolute Gasteiger partial charge is 0.512 e. The van der Waals surface area contributed by atoms with Crippen molar-refractivity contribution >= 4 is 16.9 Å². The van der Waals surface area contributed by atoms with Crippen LogP contribution in [0.25, 0.3) is 10.8 Å². The predicted molar refractivity (Wildman–Crippen MR) is 50.4 cm³/mol. The number of rotatable bonds is 1. The number of carbonyl (C=O) groups is 1. The minimum atomic E-state index is -1.35. The van der Waals surface area contributed by atoms with Crippen LogP contribution in [0.3, 0.4) is 0 Å². The fourth-order valence-corrected chi connectivity index (χ4v) is 1.21. The van der Waals surface area contributed by atoms with E-state index in [1.807, 2.05) is 24.3 Å². The number of carboxylic acid groups (broad SMARTS) is 1. The maximum absolute atomic E-state index is 10.2. The van der Waals surface area contributed by atoms with Crippen molar-refractivity contribution in [3.05, 3.63) is 36.5 Å². The van der Waals surface area contributed by atoms with Crippen LogP contribution in [0.1, 0.15) is 0 Å². The number of aromatic nitrogens is 1. The van der Waals surface area contributed by atoms with E-state index in [1.54, 1.807) is 12.3 Å². The van der Waals surface area contributed by atoms with Crippen molar-refractivity contribution in [2.24, 2.45) is 0 Å². The molecule has 1 N–H and O–H groups in total. The van der Waals surface area contributed by atoms with Gasteiger partial charge in [0.15, 0.2) is 0 Å². The number of pyridine rings is 1. The van der Waals surface area contributed by atoms with Gasteiger partial charge in [-0.15, -0.1) is 0 Å². The number of hydrogen-bond donors (Lipinski definition) is 1. The van der Waals surface area contributed by atoms with Gasteiger partial charge < -0.3 is 9.84 Å². The number of benzene rings is 1. The molecule has 1 aromatic carbocycles. The standard InChI is InChI=1S/C10H7NO3/c12-10(13)14-9-5-7-3-1-2-4-8(7)6-11-9/h1-6H,(H,12,13). The van der Waals surface area contributed by atoms with Gasteiger partial charge in [0, 0.05) is 17.6 Å². The maximum atomic E-state index is 10.2.